The Balaban J connectivity index is 1.05. The van der Waals surface area contributed by atoms with E-state index >= 15 is 0 Å². The van der Waals surface area contributed by atoms with Crippen molar-refractivity contribution >= 4 is 79.1 Å². The molecule has 19 heteroatoms. The van der Waals surface area contributed by atoms with Crippen molar-refractivity contribution in [1.82, 2.24) is 14.6 Å². The molecular weight excluding hydrogens is 940 g/mol. The molecule has 6 aromatic rings. The van der Waals surface area contributed by atoms with Gasteiger partial charge < -0.3 is 30.2 Å². The Bertz CT molecular complexity index is 3070. The normalized spacial score (nSPS) is 16.0. The number of aromatic nitrogens is 1. The second kappa shape index (κ2) is 19.6. The van der Waals surface area contributed by atoms with E-state index in [1.807, 2.05) is 24.3 Å². The van der Waals surface area contributed by atoms with Crippen LogP contribution in [0.5, 0.6) is 11.5 Å². The minimum absolute atomic E-state index is 0.0165. The Morgan fingerprint density at radius 1 is 0.955 bits per heavy atom. The lowest BCUT2D eigenvalue weighted by Gasteiger charge is -2.36. The molecule has 3 atom stereocenters. The molecule has 0 fully saturated rings. The van der Waals surface area contributed by atoms with Crippen molar-refractivity contribution in [1.29, 1.82) is 5.26 Å². The van der Waals surface area contributed by atoms with E-state index in [0.29, 0.717) is 49.3 Å². The van der Waals surface area contributed by atoms with Crippen LogP contribution in [0.2, 0.25) is 10.0 Å². The summed E-state index contributed by atoms with van der Waals surface area (Å²) in [7, 11) is -3.32. The van der Waals surface area contributed by atoms with Gasteiger partial charge in [0.05, 0.1) is 40.2 Å². The number of rotatable bonds is 13. The number of nitrogens with zero attached hydrogens (tertiary/aromatic N) is 3. The Morgan fingerprint density at radius 3 is 2.30 bits per heavy atom. The van der Waals surface area contributed by atoms with Crippen LogP contribution in [0, 0.1) is 18.3 Å². The van der Waals surface area contributed by atoms with Crippen LogP contribution in [0.3, 0.4) is 0 Å². The van der Waals surface area contributed by atoms with Crippen LogP contribution in [0.1, 0.15) is 52.1 Å². The highest BCUT2D eigenvalue weighted by atomic mass is 35.5. The minimum atomic E-state index is -4.51. The van der Waals surface area contributed by atoms with E-state index in [0.717, 1.165) is 32.3 Å². The summed E-state index contributed by atoms with van der Waals surface area (Å²) in [6, 6.07) is 29.2. The van der Waals surface area contributed by atoms with E-state index in [1.165, 1.54) is 21.0 Å². The zero-order valence-corrected chi connectivity index (χ0v) is 39.1. The summed E-state index contributed by atoms with van der Waals surface area (Å²) in [5.74, 6) is -1.60. The summed E-state index contributed by atoms with van der Waals surface area (Å²) < 4.78 is 47.6. The highest BCUT2D eigenvalue weighted by molar-refractivity contribution is 7.91. The van der Waals surface area contributed by atoms with Gasteiger partial charge >= 0.3 is 5.97 Å². The highest BCUT2D eigenvalue weighted by Crippen LogP contribution is 2.42. The fourth-order valence-corrected chi connectivity index (χ4v) is 11.2. The number of nitrogens with one attached hydrogen (secondary N) is 3. The average Bonchev–Trinajstić information content (AvgIpc) is 3.70. The maximum absolute atomic E-state index is 14.7. The van der Waals surface area contributed by atoms with Crippen molar-refractivity contribution in [3.05, 3.63) is 152 Å². The van der Waals surface area contributed by atoms with Gasteiger partial charge in [-0.3, -0.25) is 14.4 Å². The van der Waals surface area contributed by atoms with Gasteiger partial charge in [-0.2, -0.15) is 9.57 Å². The number of esters is 1. The van der Waals surface area contributed by atoms with Gasteiger partial charge in [-0.05, 0) is 95.3 Å². The SMILES string of the molecule is COC(=O)[C@H](Cc1ccc(-c2ccc(C#N)cc2)cc1)NC(=O)C1Cc2cc3c(cc2CN1S(=O)(=O)c1sc(NC(C)=O)nc1C)OC(c1ccc(OCc2ccc(Cl)c(Cl)c2)cc1)C(=O)N3. The molecule has 1 aromatic heterocycles. The number of methoxy groups -OCH3 is 1. The van der Waals surface area contributed by atoms with Gasteiger partial charge in [0.15, 0.2) is 9.34 Å². The van der Waals surface area contributed by atoms with Gasteiger partial charge in [-0.1, -0.05) is 89.1 Å². The molecule has 2 aliphatic heterocycles. The Hall–Kier alpha value is -6.81. The number of hydrogen-bond donors (Lipinski definition) is 3. The number of fused-ring (bicyclic) bond motifs is 2. The van der Waals surface area contributed by atoms with Crippen LogP contribution < -0.4 is 25.4 Å². The molecule has 0 spiro atoms. The van der Waals surface area contributed by atoms with Gasteiger partial charge in [0.1, 0.15) is 30.2 Å². The molecule has 0 bridgehead atoms. The lowest BCUT2D eigenvalue weighted by atomic mass is 9.93. The van der Waals surface area contributed by atoms with Crippen molar-refractivity contribution in [2.45, 2.75) is 62.2 Å². The number of halogens is 2. The molecule has 0 aliphatic carbocycles. The fraction of sp³-hybridized carbons (Fsp3) is 0.208. The van der Waals surface area contributed by atoms with E-state index in [2.05, 4.69) is 27.0 Å². The second-order valence-electron chi connectivity index (χ2n) is 15.7. The van der Waals surface area contributed by atoms with E-state index < -0.39 is 51.9 Å². The van der Waals surface area contributed by atoms with E-state index in [9.17, 15) is 27.6 Å². The fourth-order valence-electron chi connectivity index (χ4n) is 7.74. The zero-order valence-electron chi connectivity index (χ0n) is 36.0. The van der Waals surface area contributed by atoms with Crippen molar-refractivity contribution in [2.75, 3.05) is 17.7 Å². The first kappa shape index (κ1) is 46.7. The molecule has 5 aromatic carbocycles. The van der Waals surface area contributed by atoms with Gasteiger partial charge in [0.25, 0.3) is 15.9 Å². The lowest BCUT2D eigenvalue weighted by molar-refractivity contribution is -0.145. The van der Waals surface area contributed by atoms with Crippen LogP contribution in [-0.2, 0) is 59.9 Å². The standard InChI is InChI=1S/C48H40Cl2N6O9S2/c1-26-47(66-48(52-26)53-27(2)57)67(61,62)56-24-35-22-42-39(54-45(59)43(65-42)33-13-15-36(16-14-33)64-25-30-8-17-37(49)38(50)18-30)20-34(35)21-41(56)44(58)55-40(46(60)63-3)19-28-4-9-31(10-5-28)32-11-6-29(23-51)7-12-32/h4-18,20,22,40-41,43H,19,21,24-25H2,1-3H3,(H,54,59)(H,55,58)(H,52,53,57)/t40-,41?,43?/m0/s1. The predicted molar refractivity (Wildman–Crippen MR) is 251 cm³/mol. The maximum Gasteiger partial charge on any atom is 0.328 e. The molecule has 2 aliphatic rings. The summed E-state index contributed by atoms with van der Waals surface area (Å²) >= 11 is 12.9. The zero-order chi connectivity index (χ0) is 47.6. The third-order valence-electron chi connectivity index (χ3n) is 11.1. The van der Waals surface area contributed by atoms with E-state index in [-0.39, 0.29) is 46.8 Å². The first-order chi connectivity index (χ1) is 32.1. The first-order valence-electron chi connectivity index (χ1n) is 20.6. The summed E-state index contributed by atoms with van der Waals surface area (Å²) in [6.07, 6.45) is -1.20. The molecule has 8 rings (SSSR count). The molecule has 0 saturated heterocycles. The molecule has 3 heterocycles. The largest absolute Gasteiger partial charge is 0.489 e. The van der Waals surface area contributed by atoms with Gasteiger partial charge in [-0.15, -0.1) is 0 Å². The number of amides is 3. The number of sulfonamides is 1. The monoisotopic (exact) mass is 978 g/mol. The van der Waals surface area contributed by atoms with E-state index in [1.54, 1.807) is 78.9 Å². The number of aryl methyl sites for hydroxylation is 1. The summed E-state index contributed by atoms with van der Waals surface area (Å²) in [4.78, 5) is 57.5. The molecule has 67 heavy (non-hydrogen) atoms. The Labute approximate surface area is 399 Å². The second-order valence-corrected chi connectivity index (χ2v) is 19.6. The Kier molecular flexibility index (Phi) is 13.6. The third-order valence-corrected chi connectivity index (χ3v) is 15.4. The van der Waals surface area contributed by atoms with Crippen LogP contribution in [-0.4, -0.2) is 60.6 Å². The summed E-state index contributed by atoms with van der Waals surface area (Å²) in [5, 5.41) is 18.3. The maximum atomic E-state index is 14.7. The van der Waals surface area contributed by atoms with Crippen molar-refractivity contribution in [3.8, 4) is 28.7 Å². The first-order valence-corrected chi connectivity index (χ1v) is 23.7. The average molecular weight is 980 g/mol. The molecule has 0 radical (unpaired) electrons. The summed E-state index contributed by atoms with van der Waals surface area (Å²) in [5.41, 5.74) is 5.80. The number of benzene rings is 5. The molecule has 15 nitrogen and oxygen atoms in total. The van der Waals surface area contributed by atoms with Crippen LogP contribution in [0.4, 0.5) is 10.8 Å². The van der Waals surface area contributed by atoms with Crippen molar-refractivity contribution < 1.29 is 41.8 Å². The number of carbonyl (C=O) groups is 4. The predicted octanol–water partition coefficient (Wildman–Crippen LogP) is 7.92. The van der Waals surface area contributed by atoms with Gasteiger partial charge in [-0.25, -0.2) is 18.2 Å². The van der Waals surface area contributed by atoms with E-state index in [4.69, 9.17) is 42.7 Å². The summed E-state index contributed by atoms with van der Waals surface area (Å²) in [6.45, 7) is 2.69. The molecule has 3 amide bonds. The van der Waals surface area contributed by atoms with Crippen LogP contribution >= 0.6 is 34.5 Å². The van der Waals surface area contributed by atoms with Gasteiger partial charge in [0.2, 0.25) is 17.9 Å². The van der Waals surface area contributed by atoms with Crippen molar-refractivity contribution in [2.24, 2.45) is 0 Å². The van der Waals surface area contributed by atoms with Crippen LogP contribution in [0.15, 0.2) is 107 Å². The topological polar surface area (TPSA) is 206 Å². The smallest absolute Gasteiger partial charge is 0.328 e. The lowest BCUT2D eigenvalue weighted by Crippen LogP contribution is -2.56. The van der Waals surface area contributed by atoms with Gasteiger partial charge in [0, 0.05) is 25.5 Å². The number of thiazole rings is 1. The number of hydrogen-bond acceptors (Lipinski definition) is 12. The molecule has 2 unspecified atom stereocenters. The van der Waals surface area contributed by atoms with Crippen LogP contribution in [0.25, 0.3) is 11.1 Å². The number of anilines is 2. The van der Waals surface area contributed by atoms with Crippen molar-refractivity contribution in [3.63, 3.8) is 0 Å². The number of carbonyl (C=O) groups excluding carboxylic acids is 4. The third kappa shape index (κ3) is 10.3. The molecule has 3 N–H and O–H groups in total. The molecule has 342 valence electrons. The molecule has 0 saturated carbocycles. The highest BCUT2D eigenvalue weighted by Gasteiger charge is 2.43. The minimum Gasteiger partial charge on any atom is -0.489 e. The Morgan fingerprint density at radius 2 is 1.64 bits per heavy atom. The molecular formula is C48H40Cl2N6O9S2. The quantitative estimate of drug-likeness (QED) is 0.0948. The number of nitriles is 1. The number of ether oxygens (including phenoxy) is 3.